The SMILES string of the molecule is C.CC.CCc1ccnc(C(N)=O)c1.Cc1ccc(Nc2ncc(O)c3ccccc23)cc1. The normalized spacial score (nSPS) is 9.45. The molecule has 4 aromatic rings. The lowest BCUT2D eigenvalue weighted by Crippen LogP contribution is -2.12. The van der Waals surface area contributed by atoms with Gasteiger partial charge >= 0.3 is 0 Å². The first-order valence-corrected chi connectivity index (χ1v) is 10.6. The molecule has 6 heteroatoms. The van der Waals surface area contributed by atoms with Gasteiger partial charge in [-0.15, -0.1) is 0 Å². The Hall–Kier alpha value is -3.93. The number of aryl methyl sites for hydroxylation is 2. The van der Waals surface area contributed by atoms with E-state index in [2.05, 4.69) is 22.2 Å². The molecule has 0 atom stereocenters. The van der Waals surface area contributed by atoms with Crippen LogP contribution < -0.4 is 11.1 Å². The Morgan fingerprint density at radius 3 is 2.24 bits per heavy atom. The van der Waals surface area contributed by atoms with Crippen molar-refractivity contribution in [3.05, 3.63) is 89.9 Å². The number of anilines is 2. The molecule has 1 amide bonds. The van der Waals surface area contributed by atoms with Crippen LogP contribution in [0.1, 0.15) is 49.8 Å². The van der Waals surface area contributed by atoms with E-state index in [0.29, 0.717) is 5.69 Å². The van der Waals surface area contributed by atoms with Gasteiger partial charge in [-0.2, -0.15) is 0 Å². The minimum atomic E-state index is -0.472. The molecule has 2 heterocycles. The number of nitrogens with two attached hydrogens (primary N) is 1. The molecule has 33 heavy (non-hydrogen) atoms. The molecule has 0 bridgehead atoms. The Bertz CT molecular complexity index is 1160. The van der Waals surface area contributed by atoms with Gasteiger partial charge in [0.15, 0.2) is 0 Å². The van der Waals surface area contributed by atoms with Gasteiger partial charge < -0.3 is 16.2 Å². The molecule has 0 aliphatic heterocycles. The predicted octanol–water partition coefficient (Wildman–Crippen LogP) is 6.40. The van der Waals surface area contributed by atoms with E-state index < -0.39 is 5.91 Å². The predicted molar refractivity (Wildman–Crippen MR) is 138 cm³/mol. The van der Waals surface area contributed by atoms with Crippen molar-refractivity contribution in [2.75, 3.05) is 5.32 Å². The number of hydrogen-bond acceptors (Lipinski definition) is 5. The van der Waals surface area contributed by atoms with Crippen LogP contribution in [0.15, 0.2) is 73.1 Å². The van der Waals surface area contributed by atoms with Gasteiger partial charge in [0.25, 0.3) is 5.91 Å². The number of aromatic nitrogens is 2. The van der Waals surface area contributed by atoms with E-state index in [1.807, 2.05) is 75.4 Å². The Morgan fingerprint density at radius 2 is 1.64 bits per heavy atom. The fraction of sp³-hybridized carbons (Fsp3) is 0.222. The van der Waals surface area contributed by atoms with E-state index in [1.165, 1.54) is 11.8 Å². The summed E-state index contributed by atoms with van der Waals surface area (Å²) in [6, 6.07) is 19.4. The molecular formula is C27H34N4O2. The number of nitrogens with one attached hydrogen (secondary N) is 1. The zero-order valence-corrected chi connectivity index (χ0v) is 19.0. The molecule has 2 aromatic carbocycles. The van der Waals surface area contributed by atoms with Crippen LogP contribution in [0, 0.1) is 6.92 Å². The van der Waals surface area contributed by atoms with Crippen LogP contribution in [0.4, 0.5) is 11.5 Å². The van der Waals surface area contributed by atoms with E-state index >= 15 is 0 Å². The van der Waals surface area contributed by atoms with Crippen LogP contribution in [0.2, 0.25) is 0 Å². The largest absolute Gasteiger partial charge is 0.506 e. The molecule has 4 N–H and O–H groups in total. The maximum absolute atomic E-state index is 10.6. The number of amides is 1. The van der Waals surface area contributed by atoms with Crippen molar-refractivity contribution in [2.45, 2.75) is 41.5 Å². The van der Waals surface area contributed by atoms with Gasteiger partial charge in [0.2, 0.25) is 0 Å². The second kappa shape index (κ2) is 13.5. The van der Waals surface area contributed by atoms with Gasteiger partial charge in [-0.3, -0.25) is 9.78 Å². The molecule has 0 saturated heterocycles. The molecule has 0 aliphatic rings. The van der Waals surface area contributed by atoms with Crippen LogP contribution >= 0.6 is 0 Å². The number of fused-ring (bicyclic) bond motifs is 1. The van der Waals surface area contributed by atoms with Crippen LogP contribution in [-0.2, 0) is 6.42 Å². The van der Waals surface area contributed by atoms with Crippen LogP contribution in [0.25, 0.3) is 10.8 Å². The van der Waals surface area contributed by atoms with Crippen molar-refractivity contribution in [1.29, 1.82) is 0 Å². The molecular weight excluding hydrogens is 412 g/mol. The number of aromatic hydroxyl groups is 1. The van der Waals surface area contributed by atoms with E-state index in [1.54, 1.807) is 12.3 Å². The highest BCUT2D eigenvalue weighted by Gasteiger charge is 2.06. The standard InChI is InChI=1S/C16H14N2O.C8H10N2O.C2H6.CH4/c1-11-6-8-12(9-7-11)18-16-14-5-3-2-4-13(14)15(19)10-17-16;1-2-6-3-4-10-7(5-6)8(9)11;1-2;/h2-10,19H,1H3,(H,17,18);3-5H,2H2,1H3,(H2,9,11);1-2H3;1H4. The molecule has 0 spiro atoms. The molecule has 6 nitrogen and oxygen atoms in total. The molecule has 0 radical (unpaired) electrons. The summed E-state index contributed by atoms with van der Waals surface area (Å²) in [6.45, 7) is 8.07. The highest BCUT2D eigenvalue weighted by atomic mass is 16.3. The van der Waals surface area contributed by atoms with Crippen molar-refractivity contribution >= 4 is 28.2 Å². The van der Waals surface area contributed by atoms with Gasteiger partial charge in [0.05, 0.1) is 6.20 Å². The first-order chi connectivity index (χ1) is 15.5. The molecule has 4 rings (SSSR count). The number of pyridine rings is 2. The highest BCUT2D eigenvalue weighted by Crippen LogP contribution is 2.30. The minimum Gasteiger partial charge on any atom is -0.506 e. The third-order valence-electron chi connectivity index (χ3n) is 4.57. The van der Waals surface area contributed by atoms with E-state index in [-0.39, 0.29) is 13.2 Å². The van der Waals surface area contributed by atoms with Gasteiger partial charge in [0.1, 0.15) is 17.3 Å². The van der Waals surface area contributed by atoms with Crippen LogP contribution in [0.5, 0.6) is 5.75 Å². The molecule has 174 valence electrons. The summed E-state index contributed by atoms with van der Waals surface area (Å²) in [5.41, 5.74) is 8.65. The van der Waals surface area contributed by atoms with Gasteiger partial charge in [-0.05, 0) is 43.2 Å². The van der Waals surface area contributed by atoms with Gasteiger partial charge in [0, 0.05) is 22.7 Å². The summed E-state index contributed by atoms with van der Waals surface area (Å²) in [4.78, 5) is 18.7. The Kier molecular flexibility index (Phi) is 11.1. The number of rotatable bonds is 4. The summed E-state index contributed by atoms with van der Waals surface area (Å²) in [5.74, 6) is 0.475. The van der Waals surface area contributed by atoms with E-state index in [4.69, 9.17) is 5.73 Å². The zero-order chi connectivity index (χ0) is 23.5. The number of hydrogen-bond donors (Lipinski definition) is 3. The van der Waals surface area contributed by atoms with Gasteiger partial charge in [-0.1, -0.05) is 70.2 Å². The summed E-state index contributed by atoms with van der Waals surface area (Å²) >= 11 is 0. The van der Waals surface area contributed by atoms with Crippen molar-refractivity contribution in [3.63, 3.8) is 0 Å². The quantitative estimate of drug-likeness (QED) is 0.337. The molecule has 2 aromatic heterocycles. The molecule has 0 fully saturated rings. The minimum absolute atomic E-state index is 0. The fourth-order valence-electron chi connectivity index (χ4n) is 2.88. The highest BCUT2D eigenvalue weighted by molar-refractivity contribution is 5.96. The lowest BCUT2D eigenvalue weighted by molar-refractivity contribution is 0.0995. The number of primary amides is 1. The maximum atomic E-state index is 10.6. The molecule has 0 saturated carbocycles. The fourth-order valence-corrected chi connectivity index (χ4v) is 2.88. The zero-order valence-electron chi connectivity index (χ0n) is 19.0. The second-order valence-corrected chi connectivity index (χ2v) is 6.80. The topological polar surface area (TPSA) is 101 Å². The molecule has 0 unspecified atom stereocenters. The first-order valence-electron chi connectivity index (χ1n) is 10.6. The Morgan fingerprint density at radius 1 is 1.00 bits per heavy atom. The van der Waals surface area contributed by atoms with E-state index in [0.717, 1.165) is 34.3 Å². The van der Waals surface area contributed by atoms with Crippen LogP contribution in [0.3, 0.4) is 0 Å². The summed E-state index contributed by atoms with van der Waals surface area (Å²) in [6.07, 6.45) is 3.96. The molecule has 0 aliphatic carbocycles. The van der Waals surface area contributed by atoms with Crippen molar-refractivity contribution in [2.24, 2.45) is 5.73 Å². The third kappa shape index (κ3) is 7.61. The maximum Gasteiger partial charge on any atom is 0.267 e. The number of carbonyl (C=O) groups excluding carboxylic acids is 1. The lowest BCUT2D eigenvalue weighted by atomic mass is 10.1. The van der Waals surface area contributed by atoms with Crippen molar-refractivity contribution in [3.8, 4) is 5.75 Å². The number of nitrogens with zero attached hydrogens (tertiary/aromatic N) is 2. The summed E-state index contributed by atoms with van der Waals surface area (Å²) in [5, 5.41) is 14.8. The summed E-state index contributed by atoms with van der Waals surface area (Å²) in [7, 11) is 0. The third-order valence-corrected chi connectivity index (χ3v) is 4.57. The van der Waals surface area contributed by atoms with Crippen molar-refractivity contribution < 1.29 is 9.90 Å². The Labute approximate surface area is 196 Å². The number of carbonyl (C=O) groups is 1. The Balaban J connectivity index is 0.000000335. The van der Waals surface area contributed by atoms with Crippen molar-refractivity contribution in [1.82, 2.24) is 9.97 Å². The summed E-state index contributed by atoms with van der Waals surface area (Å²) < 4.78 is 0. The monoisotopic (exact) mass is 446 g/mol. The van der Waals surface area contributed by atoms with Crippen LogP contribution in [-0.4, -0.2) is 21.0 Å². The smallest absolute Gasteiger partial charge is 0.267 e. The number of benzene rings is 2. The van der Waals surface area contributed by atoms with E-state index in [9.17, 15) is 9.90 Å². The average molecular weight is 447 g/mol. The second-order valence-electron chi connectivity index (χ2n) is 6.80. The lowest BCUT2D eigenvalue weighted by Gasteiger charge is -2.10. The average Bonchev–Trinajstić information content (AvgIpc) is 2.84. The first kappa shape index (κ1) is 27.1. The van der Waals surface area contributed by atoms with Gasteiger partial charge in [-0.25, -0.2) is 4.98 Å².